The maximum absolute atomic E-state index is 4.62. The van der Waals surface area contributed by atoms with Gasteiger partial charge in [-0.2, -0.15) is 5.10 Å². The third-order valence-corrected chi connectivity index (χ3v) is 5.37. The number of aromatic nitrogens is 2. The van der Waals surface area contributed by atoms with Crippen LogP contribution < -0.4 is 5.32 Å². The summed E-state index contributed by atoms with van der Waals surface area (Å²) in [5, 5.41) is 8.28. The minimum Gasteiger partial charge on any atom is -0.313 e. The molecule has 1 atom stereocenters. The molecule has 1 fully saturated rings. The zero-order chi connectivity index (χ0) is 15.4. The number of nitrogens with one attached hydrogen (secondary N) is 1. The fraction of sp³-hybridized carbons (Fsp3) is 0.812. The van der Waals surface area contributed by atoms with Gasteiger partial charge in [0.2, 0.25) is 0 Å². The van der Waals surface area contributed by atoms with Crippen molar-refractivity contribution in [3.63, 3.8) is 0 Å². The molecule has 1 saturated heterocycles. The van der Waals surface area contributed by atoms with Crippen molar-refractivity contribution >= 4 is 15.9 Å². The van der Waals surface area contributed by atoms with Crippen LogP contribution in [0, 0.1) is 0 Å². The Hall–Kier alpha value is -0.390. The van der Waals surface area contributed by atoms with Gasteiger partial charge in [-0.3, -0.25) is 9.58 Å². The van der Waals surface area contributed by atoms with Crippen LogP contribution in [0.1, 0.15) is 51.4 Å². The van der Waals surface area contributed by atoms with Crippen molar-refractivity contribution in [1.82, 2.24) is 20.0 Å². The second-order valence-electron chi connectivity index (χ2n) is 6.35. The van der Waals surface area contributed by atoms with Crippen molar-refractivity contribution in [3.8, 4) is 0 Å². The van der Waals surface area contributed by atoms with Gasteiger partial charge in [0.1, 0.15) is 0 Å². The van der Waals surface area contributed by atoms with Crippen molar-refractivity contribution in [2.75, 3.05) is 13.1 Å². The molecule has 120 valence electrons. The van der Waals surface area contributed by atoms with Gasteiger partial charge in [0, 0.05) is 32.2 Å². The fourth-order valence-corrected chi connectivity index (χ4v) is 3.75. The molecule has 1 aromatic rings. The first-order valence-electron chi connectivity index (χ1n) is 8.20. The Bertz CT molecular complexity index is 449. The van der Waals surface area contributed by atoms with Crippen molar-refractivity contribution < 1.29 is 0 Å². The molecule has 0 saturated carbocycles. The van der Waals surface area contributed by atoms with Gasteiger partial charge in [0.05, 0.1) is 15.9 Å². The van der Waals surface area contributed by atoms with Gasteiger partial charge in [-0.15, -0.1) is 0 Å². The smallest absolute Gasteiger partial charge is 0.0767 e. The summed E-state index contributed by atoms with van der Waals surface area (Å²) in [7, 11) is 2.05. The SMILES string of the molecule is CCc1nn(C)c(CN(CC2CCCCN2)C(C)C)c1Br. The van der Waals surface area contributed by atoms with Crippen LogP contribution in [0.15, 0.2) is 4.47 Å². The quantitative estimate of drug-likeness (QED) is 0.849. The minimum atomic E-state index is 0.542. The molecule has 0 aromatic carbocycles. The first-order valence-corrected chi connectivity index (χ1v) is 8.99. The highest BCUT2D eigenvalue weighted by Crippen LogP contribution is 2.24. The zero-order valence-electron chi connectivity index (χ0n) is 13.8. The summed E-state index contributed by atoms with van der Waals surface area (Å²) >= 11 is 3.74. The van der Waals surface area contributed by atoms with Crippen LogP contribution in [0.3, 0.4) is 0 Å². The number of hydrogen-bond acceptors (Lipinski definition) is 3. The Morgan fingerprint density at radius 3 is 2.71 bits per heavy atom. The van der Waals surface area contributed by atoms with E-state index in [0.29, 0.717) is 12.1 Å². The van der Waals surface area contributed by atoms with Crippen LogP contribution in [0.4, 0.5) is 0 Å². The number of aryl methyl sites for hydroxylation is 2. The Morgan fingerprint density at radius 1 is 1.43 bits per heavy atom. The topological polar surface area (TPSA) is 33.1 Å². The Morgan fingerprint density at radius 2 is 2.19 bits per heavy atom. The predicted molar refractivity (Wildman–Crippen MR) is 91.5 cm³/mol. The van der Waals surface area contributed by atoms with E-state index in [9.17, 15) is 0 Å². The number of nitrogens with zero attached hydrogens (tertiary/aromatic N) is 3. The Labute approximate surface area is 137 Å². The molecule has 4 nitrogen and oxygen atoms in total. The van der Waals surface area contributed by atoms with E-state index in [1.807, 2.05) is 4.68 Å². The van der Waals surface area contributed by atoms with Crippen molar-refractivity contribution in [2.45, 2.75) is 65.1 Å². The Kier molecular flexibility index (Phi) is 6.26. The molecule has 0 aliphatic carbocycles. The maximum atomic E-state index is 4.62. The fourth-order valence-electron chi connectivity index (χ4n) is 3.00. The first kappa shape index (κ1) is 17.0. The molecule has 1 unspecified atom stereocenters. The average Bonchev–Trinajstić information content (AvgIpc) is 2.74. The molecule has 1 N–H and O–H groups in total. The molecule has 21 heavy (non-hydrogen) atoms. The minimum absolute atomic E-state index is 0.542. The lowest BCUT2D eigenvalue weighted by atomic mass is 10.0. The summed E-state index contributed by atoms with van der Waals surface area (Å²) in [5.74, 6) is 0. The van der Waals surface area contributed by atoms with E-state index < -0.39 is 0 Å². The molecule has 2 heterocycles. The van der Waals surface area contributed by atoms with Crippen molar-refractivity contribution in [3.05, 3.63) is 15.9 Å². The lowest BCUT2D eigenvalue weighted by Crippen LogP contribution is -2.45. The second-order valence-corrected chi connectivity index (χ2v) is 7.15. The number of rotatable bonds is 6. The molecule has 0 spiro atoms. The molecule has 1 aliphatic rings. The van der Waals surface area contributed by atoms with Gasteiger partial charge in [-0.1, -0.05) is 13.3 Å². The third kappa shape index (κ3) is 4.30. The van der Waals surface area contributed by atoms with Gasteiger partial charge in [-0.25, -0.2) is 0 Å². The maximum Gasteiger partial charge on any atom is 0.0767 e. The lowest BCUT2D eigenvalue weighted by Gasteiger charge is -2.33. The summed E-state index contributed by atoms with van der Waals surface area (Å²) in [4.78, 5) is 2.56. The largest absolute Gasteiger partial charge is 0.313 e. The van der Waals surface area contributed by atoms with Gasteiger partial charge < -0.3 is 5.32 Å². The normalized spacial score (nSPS) is 19.7. The van der Waals surface area contributed by atoms with Crippen LogP contribution in [0.2, 0.25) is 0 Å². The third-order valence-electron chi connectivity index (χ3n) is 4.45. The molecule has 0 amide bonds. The molecule has 0 bridgehead atoms. The highest BCUT2D eigenvalue weighted by Gasteiger charge is 2.22. The average molecular weight is 357 g/mol. The molecule has 5 heteroatoms. The highest BCUT2D eigenvalue weighted by molar-refractivity contribution is 9.10. The van der Waals surface area contributed by atoms with Crippen molar-refractivity contribution in [2.24, 2.45) is 7.05 Å². The van der Waals surface area contributed by atoms with E-state index in [1.165, 1.54) is 36.0 Å². The van der Waals surface area contributed by atoms with E-state index in [2.05, 4.69) is 59.1 Å². The Balaban J connectivity index is 2.07. The molecular formula is C16H29BrN4. The van der Waals surface area contributed by atoms with Crippen LogP contribution in [-0.4, -0.2) is 39.9 Å². The van der Waals surface area contributed by atoms with Crippen LogP contribution in [-0.2, 0) is 20.0 Å². The van der Waals surface area contributed by atoms with Crippen molar-refractivity contribution in [1.29, 1.82) is 0 Å². The summed E-state index contributed by atoms with van der Waals surface area (Å²) in [6, 6.07) is 1.18. The van der Waals surface area contributed by atoms with E-state index >= 15 is 0 Å². The molecule has 0 radical (unpaired) electrons. The van der Waals surface area contributed by atoms with E-state index in [0.717, 1.165) is 25.2 Å². The van der Waals surface area contributed by atoms with Gasteiger partial charge >= 0.3 is 0 Å². The lowest BCUT2D eigenvalue weighted by molar-refractivity contribution is 0.173. The van der Waals surface area contributed by atoms with Gasteiger partial charge in [0.25, 0.3) is 0 Å². The predicted octanol–water partition coefficient (Wildman–Crippen LogP) is 3.10. The molecule has 2 rings (SSSR count). The molecule has 1 aromatic heterocycles. The van der Waals surface area contributed by atoms with Gasteiger partial charge in [0.15, 0.2) is 0 Å². The van der Waals surface area contributed by atoms with Gasteiger partial charge in [-0.05, 0) is 55.6 Å². The van der Waals surface area contributed by atoms with Crippen LogP contribution in [0.5, 0.6) is 0 Å². The highest BCUT2D eigenvalue weighted by atomic mass is 79.9. The summed E-state index contributed by atoms with van der Waals surface area (Å²) in [6.45, 7) is 9.98. The summed E-state index contributed by atoms with van der Waals surface area (Å²) < 4.78 is 3.22. The zero-order valence-corrected chi connectivity index (χ0v) is 15.4. The van der Waals surface area contributed by atoms with E-state index in [4.69, 9.17) is 0 Å². The second kappa shape index (κ2) is 7.75. The van der Waals surface area contributed by atoms with E-state index in [-0.39, 0.29) is 0 Å². The monoisotopic (exact) mass is 356 g/mol. The first-order chi connectivity index (χ1) is 10.0. The van der Waals surface area contributed by atoms with Crippen LogP contribution in [0.25, 0.3) is 0 Å². The number of halogens is 1. The van der Waals surface area contributed by atoms with Crippen LogP contribution >= 0.6 is 15.9 Å². The molecule has 1 aliphatic heterocycles. The number of hydrogen-bond donors (Lipinski definition) is 1. The van der Waals surface area contributed by atoms with E-state index in [1.54, 1.807) is 0 Å². The summed E-state index contributed by atoms with van der Waals surface area (Å²) in [5.41, 5.74) is 2.45. The number of piperidine rings is 1. The molecular weight excluding hydrogens is 328 g/mol. The summed E-state index contributed by atoms with van der Waals surface area (Å²) in [6.07, 6.45) is 4.96. The standard InChI is InChI=1S/C16H29BrN4/c1-5-14-16(17)15(20(4)19-14)11-21(12(2)3)10-13-8-6-7-9-18-13/h12-13,18H,5-11H2,1-4H3.